The third-order valence-electron chi connectivity index (χ3n) is 6.15. The summed E-state index contributed by atoms with van der Waals surface area (Å²) in [6, 6.07) is 6.71. The molecule has 0 radical (unpaired) electrons. The number of benzene rings is 1. The van der Waals surface area contributed by atoms with E-state index in [4.69, 9.17) is 5.73 Å². The fourth-order valence-corrected chi connectivity index (χ4v) is 3.89. The Morgan fingerprint density at radius 1 is 1.29 bits per heavy atom. The van der Waals surface area contributed by atoms with Crippen molar-refractivity contribution in [3.8, 4) is 0 Å². The molecule has 1 aliphatic heterocycles. The maximum Gasteiger partial charge on any atom is 0.325 e. The lowest BCUT2D eigenvalue weighted by atomic mass is 10.1. The normalized spacial score (nSPS) is 20.2. The van der Waals surface area contributed by atoms with Gasteiger partial charge in [-0.15, -0.1) is 0 Å². The molecule has 2 saturated carbocycles. The van der Waals surface area contributed by atoms with E-state index in [1.54, 1.807) is 41.4 Å². The number of halogens is 1. The molecular weight excluding hydrogens is 397 g/mol. The van der Waals surface area contributed by atoms with Crippen molar-refractivity contribution in [2.45, 2.75) is 37.1 Å². The van der Waals surface area contributed by atoms with E-state index < -0.39 is 5.54 Å². The number of urea groups is 1. The molecule has 5 rings (SSSR count). The van der Waals surface area contributed by atoms with Crippen LogP contribution in [0.2, 0.25) is 0 Å². The van der Waals surface area contributed by atoms with Crippen molar-refractivity contribution in [3.05, 3.63) is 53.7 Å². The van der Waals surface area contributed by atoms with E-state index in [2.05, 4.69) is 20.6 Å². The minimum absolute atomic E-state index is 0.0740. The summed E-state index contributed by atoms with van der Waals surface area (Å²) in [5, 5.41) is 6.47. The van der Waals surface area contributed by atoms with Crippen LogP contribution >= 0.6 is 0 Å². The van der Waals surface area contributed by atoms with Gasteiger partial charge in [-0.25, -0.2) is 14.2 Å². The highest BCUT2D eigenvalue weighted by atomic mass is 19.1. The number of nitrogens with zero attached hydrogens (tertiary/aromatic N) is 4. The summed E-state index contributed by atoms with van der Waals surface area (Å²) in [5.74, 6) is 1.22. The van der Waals surface area contributed by atoms with Gasteiger partial charge in [0, 0.05) is 38.2 Å². The standard InChI is InChI=1S/C22H26FN7O/c1-29-8-9-30(21(29)31)19-4-7-25-20(27-19)28-22(5-6-22)18(24)13-26-17-11-15(14-2-3-14)10-16(23)12-17/h4,7,10-14,26H,2-3,5-6,8-9,24H2,1H3,(H,25,27,28)/b18-13-. The minimum Gasteiger partial charge on any atom is -0.399 e. The number of hydrogen-bond acceptors (Lipinski definition) is 6. The predicted octanol–water partition coefficient (Wildman–Crippen LogP) is 3.22. The van der Waals surface area contributed by atoms with Crippen molar-refractivity contribution in [1.82, 2.24) is 14.9 Å². The SMILES string of the molecule is CN1CCN(c2ccnc(NC3(/C(N)=C/Nc4cc(F)cc(C5CC5)c4)CC3)n2)C1=O. The first-order chi connectivity index (χ1) is 14.9. The van der Waals surface area contributed by atoms with Crippen LogP contribution < -0.4 is 21.3 Å². The summed E-state index contributed by atoms with van der Waals surface area (Å²) in [5.41, 5.74) is 8.26. The Balaban J connectivity index is 1.29. The number of anilines is 3. The van der Waals surface area contributed by atoms with E-state index in [-0.39, 0.29) is 11.8 Å². The number of carbonyl (C=O) groups excluding carboxylic acids is 1. The second kappa shape index (κ2) is 7.40. The number of amides is 2. The van der Waals surface area contributed by atoms with Crippen LogP contribution in [0.3, 0.4) is 0 Å². The molecule has 1 aromatic carbocycles. The smallest absolute Gasteiger partial charge is 0.325 e. The number of likely N-dealkylation sites (N-methyl/N-ethyl adjacent to an activating group) is 1. The van der Waals surface area contributed by atoms with E-state index in [0.717, 1.165) is 31.2 Å². The van der Waals surface area contributed by atoms with Gasteiger partial charge in [-0.3, -0.25) is 4.90 Å². The largest absolute Gasteiger partial charge is 0.399 e. The molecule has 2 heterocycles. The predicted molar refractivity (Wildman–Crippen MR) is 117 cm³/mol. The average Bonchev–Trinajstić information content (AvgIpc) is 3.67. The molecule has 162 valence electrons. The molecule has 3 aliphatic rings. The summed E-state index contributed by atoms with van der Waals surface area (Å²) in [6.45, 7) is 1.26. The lowest BCUT2D eigenvalue weighted by molar-refractivity contribution is 0.229. The van der Waals surface area contributed by atoms with Gasteiger partial charge < -0.3 is 21.3 Å². The summed E-state index contributed by atoms with van der Waals surface area (Å²) in [6.07, 6.45) is 7.27. The number of nitrogens with one attached hydrogen (secondary N) is 2. The van der Waals surface area contributed by atoms with Gasteiger partial charge >= 0.3 is 6.03 Å². The molecule has 3 fully saturated rings. The Bertz CT molecular complexity index is 1050. The van der Waals surface area contributed by atoms with Crippen molar-refractivity contribution < 1.29 is 9.18 Å². The molecule has 1 saturated heterocycles. The highest BCUT2D eigenvalue weighted by Crippen LogP contribution is 2.43. The van der Waals surface area contributed by atoms with Gasteiger partial charge in [-0.1, -0.05) is 0 Å². The van der Waals surface area contributed by atoms with Gasteiger partial charge in [0.25, 0.3) is 0 Å². The summed E-state index contributed by atoms with van der Waals surface area (Å²) in [4.78, 5) is 24.4. The first-order valence-electron chi connectivity index (χ1n) is 10.6. The number of rotatable bonds is 7. The highest BCUT2D eigenvalue weighted by molar-refractivity contribution is 5.93. The van der Waals surface area contributed by atoms with Crippen molar-refractivity contribution in [1.29, 1.82) is 0 Å². The average molecular weight is 423 g/mol. The molecule has 0 spiro atoms. The zero-order valence-corrected chi connectivity index (χ0v) is 17.4. The zero-order chi connectivity index (χ0) is 21.6. The molecule has 31 heavy (non-hydrogen) atoms. The maximum absolute atomic E-state index is 13.9. The van der Waals surface area contributed by atoms with Crippen LogP contribution in [0.5, 0.6) is 0 Å². The lowest BCUT2D eigenvalue weighted by Gasteiger charge is -2.20. The van der Waals surface area contributed by atoms with Gasteiger partial charge in [0.1, 0.15) is 11.6 Å². The molecule has 0 atom stereocenters. The summed E-state index contributed by atoms with van der Waals surface area (Å²) >= 11 is 0. The second-order valence-corrected chi connectivity index (χ2v) is 8.59. The topological polar surface area (TPSA) is 99.4 Å². The fourth-order valence-electron chi connectivity index (χ4n) is 3.89. The van der Waals surface area contributed by atoms with Gasteiger partial charge in [0.05, 0.1) is 11.2 Å². The van der Waals surface area contributed by atoms with E-state index in [9.17, 15) is 9.18 Å². The summed E-state index contributed by atoms with van der Waals surface area (Å²) in [7, 11) is 1.77. The van der Waals surface area contributed by atoms with Crippen molar-refractivity contribution in [2.75, 3.05) is 35.7 Å². The Hall–Kier alpha value is -3.36. The van der Waals surface area contributed by atoms with E-state index in [1.165, 1.54) is 6.07 Å². The van der Waals surface area contributed by atoms with Crippen LogP contribution in [-0.2, 0) is 0 Å². The van der Waals surface area contributed by atoms with Crippen molar-refractivity contribution in [3.63, 3.8) is 0 Å². The second-order valence-electron chi connectivity index (χ2n) is 8.59. The van der Waals surface area contributed by atoms with E-state index >= 15 is 0 Å². The van der Waals surface area contributed by atoms with Crippen LogP contribution in [0.1, 0.15) is 37.2 Å². The molecule has 2 aliphatic carbocycles. The lowest BCUT2D eigenvalue weighted by Crippen LogP contribution is -2.32. The third kappa shape index (κ3) is 3.99. The first kappa shape index (κ1) is 19.6. The molecule has 0 unspecified atom stereocenters. The van der Waals surface area contributed by atoms with Crippen LogP contribution in [0.4, 0.5) is 26.6 Å². The number of carbonyl (C=O) groups is 1. The Morgan fingerprint density at radius 2 is 2.10 bits per heavy atom. The quantitative estimate of drug-likeness (QED) is 0.632. The molecule has 2 aromatic rings. The monoisotopic (exact) mass is 423 g/mol. The van der Waals surface area contributed by atoms with Crippen LogP contribution in [0, 0.1) is 5.82 Å². The van der Waals surface area contributed by atoms with Crippen LogP contribution in [0.15, 0.2) is 42.4 Å². The fraction of sp³-hybridized carbons (Fsp3) is 0.409. The Labute approximate surface area is 180 Å². The number of hydrogen-bond donors (Lipinski definition) is 3. The molecule has 8 nitrogen and oxygen atoms in total. The van der Waals surface area contributed by atoms with Crippen molar-refractivity contribution >= 4 is 23.5 Å². The third-order valence-corrected chi connectivity index (χ3v) is 6.15. The van der Waals surface area contributed by atoms with Crippen LogP contribution in [0.25, 0.3) is 0 Å². The maximum atomic E-state index is 13.9. The molecule has 0 bridgehead atoms. The van der Waals surface area contributed by atoms with Crippen molar-refractivity contribution in [2.24, 2.45) is 5.73 Å². The molecular formula is C22H26FN7O. The zero-order valence-electron chi connectivity index (χ0n) is 17.4. The van der Waals surface area contributed by atoms with Gasteiger partial charge in [0.15, 0.2) is 0 Å². The number of aromatic nitrogens is 2. The Morgan fingerprint density at radius 3 is 2.77 bits per heavy atom. The van der Waals surface area contributed by atoms with Gasteiger partial charge in [0.2, 0.25) is 5.95 Å². The van der Waals surface area contributed by atoms with E-state index in [1.807, 2.05) is 6.07 Å². The molecule has 9 heteroatoms. The van der Waals surface area contributed by atoms with Crippen LogP contribution in [-0.4, -0.2) is 46.6 Å². The minimum atomic E-state index is -0.440. The highest BCUT2D eigenvalue weighted by Gasteiger charge is 2.46. The van der Waals surface area contributed by atoms with Gasteiger partial charge in [-0.2, -0.15) is 4.98 Å². The first-order valence-corrected chi connectivity index (χ1v) is 10.6. The van der Waals surface area contributed by atoms with Gasteiger partial charge in [-0.05, 0) is 61.4 Å². The molecule has 2 amide bonds. The van der Waals surface area contributed by atoms with E-state index in [0.29, 0.717) is 42.2 Å². The summed E-state index contributed by atoms with van der Waals surface area (Å²) < 4.78 is 13.9. The Kier molecular flexibility index (Phi) is 4.68. The molecule has 1 aromatic heterocycles. The number of nitrogens with two attached hydrogens (primary N) is 1. The molecule has 4 N–H and O–H groups in total.